The van der Waals surface area contributed by atoms with E-state index in [1.807, 2.05) is 12.1 Å². The molecule has 2 heterocycles. The minimum Gasteiger partial charge on any atom is -0.506 e. The Labute approximate surface area is 330 Å². The molecule has 0 saturated heterocycles. The Morgan fingerprint density at radius 1 is 0.768 bits per heavy atom. The number of allylic oxidation sites excluding steroid dienone is 1. The Bertz CT molecular complexity index is 2340. The van der Waals surface area contributed by atoms with Crippen LogP contribution in [-0.2, 0) is 42.3 Å². The van der Waals surface area contributed by atoms with Crippen molar-refractivity contribution in [2.24, 2.45) is 0 Å². The van der Waals surface area contributed by atoms with Gasteiger partial charge in [-0.2, -0.15) is 29.8 Å². The summed E-state index contributed by atoms with van der Waals surface area (Å²) in [4.78, 5) is 16.3. The quantitative estimate of drug-likeness (QED) is 0.0481. The number of unbranched alkanes of at least 4 members (excludes halogenated alkanes) is 6. The summed E-state index contributed by atoms with van der Waals surface area (Å²) in [5, 5.41) is 12.1. The zero-order chi connectivity index (χ0) is 41.5. The largest absolute Gasteiger partial charge is 0.506 e. The summed E-state index contributed by atoms with van der Waals surface area (Å²) in [5.74, 6) is -1.44. The van der Waals surface area contributed by atoms with Gasteiger partial charge in [0.1, 0.15) is 12.3 Å². The molecule has 0 fully saturated rings. The van der Waals surface area contributed by atoms with Crippen LogP contribution in [0.3, 0.4) is 0 Å². The maximum Gasteiger partial charge on any atom is 0.294 e. The number of hydrogen-bond acceptors (Lipinski definition) is 9. The number of anilines is 1. The Morgan fingerprint density at radius 3 is 1.95 bits per heavy atom. The van der Waals surface area contributed by atoms with Crippen LogP contribution in [0.5, 0.6) is 5.75 Å². The fourth-order valence-electron chi connectivity index (χ4n) is 7.37. The lowest BCUT2D eigenvalue weighted by Gasteiger charge is -2.26. The van der Waals surface area contributed by atoms with Crippen molar-refractivity contribution >= 4 is 64.4 Å². The summed E-state index contributed by atoms with van der Waals surface area (Å²) in [6.07, 6.45) is 11.5. The Kier molecular flexibility index (Phi) is 15.1. The van der Waals surface area contributed by atoms with Crippen molar-refractivity contribution in [2.75, 3.05) is 36.0 Å². The fourth-order valence-corrected chi connectivity index (χ4v) is 8.87. The van der Waals surface area contributed by atoms with Crippen molar-refractivity contribution in [2.45, 2.75) is 109 Å². The number of pyridine rings is 1. The molecule has 1 aromatic heterocycles. The summed E-state index contributed by atoms with van der Waals surface area (Å²) in [5.41, 5.74) is 1.09. The highest BCUT2D eigenvalue weighted by molar-refractivity contribution is 7.86. The molecule has 0 saturated carbocycles. The second-order valence-corrected chi connectivity index (χ2v) is 19.5. The SMILES string of the molecule is CCCCCCN(CCCCCC)c1ccc2c(O)c(/C=C/C3=[N+](CCCS(=O)(=O)O)c4ccc(S(=O)(=O)O)cc4C3(C)C)c(=O)n(CCCS(=O)(=O)O)c2c1. The zero-order valence-corrected chi connectivity index (χ0v) is 35.1. The summed E-state index contributed by atoms with van der Waals surface area (Å²) in [7, 11) is -13.2. The summed E-state index contributed by atoms with van der Waals surface area (Å²) < 4.78 is 102. The molecule has 4 rings (SSSR count). The molecule has 0 radical (unpaired) electrons. The molecular weight excluding hydrogens is 783 g/mol. The second-order valence-electron chi connectivity index (χ2n) is 15.0. The topological polar surface area (TPSA) is 212 Å². The van der Waals surface area contributed by atoms with Crippen LogP contribution in [0.4, 0.5) is 11.4 Å². The molecule has 0 unspecified atom stereocenters. The summed E-state index contributed by atoms with van der Waals surface area (Å²) in [6, 6.07) is 9.51. The summed E-state index contributed by atoms with van der Waals surface area (Å²) in [6.45, 7) is 9.48. The highest BCUT2D eigenvalue weighted by Crippen LogP contribution is 2.42. The fraction of sp³-hybridized carbons (Fsp3) is 0.538. The molecule has 3 aromatic rings. The van der Waals surface area contributed by atoms with E-state index in [1.54, 1.807) is 30.6 Å². The van der Waals surface area contributed by atoms with Gasteiger partial charge in [0.15, 0.2) is 5.71 Å². The van der Waals surface area contributed by atoms with E-state index in [9.17, 15) is 48.8 Å². The van der Waals surface area contributed by atoms with Gasteiger partial charge in [-0.05, 0) is 69.5 Å². The normalized spacial score (nSPS) is 14.6. The van der Waals surface area contributed by atoms with Gasteiger partial charge in [-0.25, -0.2) is 0 Å². The lowest BCUT2D eigenvalue weighted by Crippen LogP contribution is -2.29. The monoisotopic (exact) mass is 838 g/mol. The lowest BCUT2D eigenvalue weighted by molar-refractivity contribution is -0.437. The average Bonchev–Trinajstić information content (AvgIpc) is 3.31. The van der Waals surface area contributed by atoms with E-state index in [-0.39, 0.29) is 42.1 Å². The van der Waals surface area contributed by atoms with Crippen LogP contribution >= 0.6 is 0 Å². The molecule has 0 amide bonds. The van der Waals surface area contributed by atoms with Crippen LogP contribution in [0, 0.1) is 0 Å². The van der Waals surface area contributed by atoms with Crippen LogP contribution in [0.2, 0.25) is 0 Å². The maximum absolute atomic E-state index is 14.3. The van der Waals surface area contributed by atoms with E-state index in [1.165, 1.54) is 28.8 Å². The van der Waals surface area contributed by atoms with Crippen molar-refractivity contribution in [3.05, 3.63) is 64.0 Å². The van der Waals surface area contributed by atoms with Gasteiger partial charge in [-0.3, -0.25) is 18.5 Å². The molecule has 17 heteroatoms. The van der Waals surface area contributed by atoms with Crippen LogP contribution < -0.4 is 10.5 Å². The van der Waals surface area contributed by atoms with E-state index < -0.39 is 52.8 Å². The van der Waals surface area contributed by atoms with Gasteiger partial charge in [0, 0.05) is 54.8 Å². The van der Waals surface area contributed by atoms with Crippen molar-refractivity contribution in [3.8, 4) is 5.75 Å². The minimum atomic E-state index is -4.57. The van der Waals surface area contributed by atoms with Crippen LogP contribution in [0.25, 0.3) is 17.0 Å². The van der Waals surface area contributed by atoms with E-state index >= 15 is 0 Å². The highest BCUT2D eigenvalue weighted by Gasteiger charge is 2.45. The maximum atomic E-state index is 14.3. The van der Waals surface area contributed by atoms with E-state index in [2.05, 4.69) is 18.7 Å². The van der Waals surface area contributed by atoms with Crippen molar-refractivity contribution < 1.29 is 48.6 Å². The molecule has 1 aliphatic heterocycles. The lowest BCUT2D eigenvalue weighted by atomic mass is 9.81. The first-order chi connectivity index (χ1) is 26.2. The molecule has 1 aliphatic rings. The summed E-state index contributed by atoms with van der Waals surface area (Å²) >= 11 is 0. The molecule has 2 aromatic carbocycles. The second kappa shape index (κ2) is 18.8. The van der Waals surface area contributed by atoms with Gasteiger partial charge in [-0.15, -0.1) is 0 Å². The highest BCUT2D eigenvalue weighted by atomic mass is 32.2. The number of aromatic hydroxyl groups is 1. The Balaban J connectivity index is 1.87. The molecule has 14 nitrogen and oxygen atoms in total. The third-order valence-corrected chi connectivity index (χ3v) is 12.8. The number of nitrogens with zero attached hydrogens (tertiary/aromatic N) is 3. The standard InChI is InChI=1S/C39H55N3O11S3/c1-5-7-9-11-21-40(22-12-10-8-6-2)29-15-17-31-35(27-29)42(24-14-26-55(48,49)50)38(44)32(37(31)43)18-20-36-39(3,4)33-28-30(56(51,52)53)16-19-34(33)41(36)23-13-25-54(45,46)47/h15-20,27-28H,5-14,21-26H2,1-4H3,(H3,45,46,47,48,49,50,51,52,53)/p+1. The number of aryl methyl sites for hydroxylation is 1. The number of fused-ring (bicyclic) bond motifs is 2. The predicted molar refractivity (Wildman–Crippen MR) is 221 cm³/mol. The third-order valence-electron chi connectivity index (χ3n) is 10.3. The molecule has 0 spiro atoms. The first-order valence-electron chi connectivity index (χ1n) is 19.2. The molecule has 0 aliphatic carbocycles. The first-order valence-corrected chi connectivity index (χ1v) is 23.8. The van der Waals surface area contributed by atoms with Crippen LogP contribution in [0.1, 0.15) is 103 Å². The van der Waals surface area contributed by atoms with Gasteiger partial charge in [0.25, 0.3) is 35.9 Å². The van der Waals surface area contributed by atoms with Crippen LogP contribution in [0.15, 0.2) is 52.2 Å². The minimum absolute atomic E-state index is 0.00982. The molecular formula is C39H56N3O11S3+. The molecule has 310 valence electrons. The average molecular weight is 839 g/mol. The molecule has 4 N–H and O–H groups in total. The predicted octanol–water partition coefficient (Wildman–Crippen LogP) is 6.57. The number of benzene rings is 2. The third kappa shape index (κ3) is 11.5. The molecule has 56 heavy (non-hydrogen) atoms. The van der Waals surface area contributed by atoms with Crippen molar-refractivity contribution in [1.29, 1.82) is 0 Å². The van der Waals surface area contributed by atoms with E-state index in [4.69, 9.17) is 0 Å². The van der Waals surface area contributed by atoms with Gasteiger partial charge >= 0.3 is 0 Å². The Morgan fingerprint density at radius 2 is 1.38 bits per heavy atom. The molecule has 0 bridgehead atoms. The first kappa shape index (κ1) is 45.1. The zero-order valence-electron chi connectivity index (χ0n) is 32.6. The number of rotatable bonds is 22. The van der Waals surface area contributed by atoms with E-state index in [0.29, 0.717) is 27.9 Å². The van der Waals surface area contributed by atoms with Gasteiger partial charge < -0.3 is 14.6 Å². The van der Waals surface area contributed by atoms with Gasteiger partial charge in [0.05, 0.1) is 32.9 Å². The van der Waals surface area contributed by atoms with Gasteiger partial charge in [-0.1, -0.05) is 52.4 Å². The number of aromatic nitrogens is 1. The van der Waals surface area contributed by atoms with Crippen molar-refractivity contribution in [3.63, 3.8) is 0 Å². The van der Waals surface area contributed by atoms with Crippen LogP contribution in [-0.4, -0.2) is 90.0 Å². The smallest absolute Gasteiger partial charge is 0.294 e. The van der Waals surface area contributed by atoms with Crippen molar-refractivity contribution in [1.82, 2.24) is 4.57 Å². The number of hydrogen-bond donors (Lipinski definition) is 4. The molecule has 0 atom stereocenters. The van der Waals surface area contributed by atoms with Gasteiger partial charge in [0.2, 0.25) is 5.69 Å². The van der Waals surface area contributed by atoms with E-state index in [0.717, 1.165) is 70.1 Å². The Hall–Kier alpha value is -3.61.